The van der Waals surface area contributed by atoms with Crippen molar-refractivity contribution >= 4 is 5.69 Å². The Labute approximate surface area is 113 Å². The van der Waals surface area contributed by atoms with Crippen LogP contribution in [0.15, 0.2) is 18.2 Å². The SMILES string of the molecule is CC12CCC(C1)C(C)(C)C2Nc1ccc(F)c(F)c1. The largest absolute Gasteiger partial charge is 0.381 e. The van der Waals surface area contributed by atoms with Gasteiger partial charge >= 0.3 is 0 Å². The summed E-state index contributed by atoms with van der Waals surface area (Å²) in [4.78, 5) is 0. The van der Waals surface area contributed by atoms with Crippen molar-refractivity contribution < 1.29 is 8.78 Å². The first-order valence-electron chi connectivity index (χ1n) is 7.04. The van der Waals surface area contributed by atoms with Crippen LogP contribution in [0.4, 0.5) is 14.5 Å². The summed E-state index contributed by atoms with van der Waals surface area (Å²) in [5.74, 6) is -0.833. The van der Waals surface area contributed by atoms with Crippen molar-refractivity contribution in [3.8, 4) is 0 Å². The highest BCUT2D eigenvalue weighted by Crippen LogP contribution is 2.63. The molecule has 2 aliphatic carbocycles. The Bertz CT molecular complexity index is 507. The number of benzene rings is 1. The molecule has 19 heavy (non-hydrogen) atoms. The molecule has 3 unspecified atom stereocenters. The number of anilines is 1. The highest BCUT2D eigenvalue weighted by molar-refractivity contribution is 5.46. The van der Waals surface area contributed by atoms with Gasteiger partial charge in [0.15, 0.2) is 11.6 Å². The molecule has 3 atom stereocenters. The van der Waals surface area contributed by atoms with Crippen LogP contribution in [0.5, 0.6) is 0 Å². The minimum Gasteiger partial charge on any atom is -0.381 e. The van der Waals surface area contributed by atoms with E-state index in [0.29, 0.717) is 11.7 Å². The molecule has 2 fully saturated rings. The molecule has 0 spiro atoms. The second kappa shape index (κ2) is 3.94. The average Bonchev–Trinajstić information content (AvgIpc) is 2.80. The summed E-state index contributed by atoms with van der Waals surface area (Å²) >= 11 is 0. The molecular weight excluding hydrogens is 244 g/mol. The highest BCUT2D eigenvalue weighted by Gasteiger charge is 2.59. The van der Waals surface area contributed by atoms with Gasteiger partial charge in [-0.15, -0.1) is 0 Å². The van der Waals surface area contributed by atoms with Crippen LogP contribution in [0.3, 0.4) is 0 Å². The monoisotopic (exact) mass is 265 g/mol. The van der Waals surface area contributed by atoms with Gasteiger partial charge in [0.1, 0.15) is 0 Å². The molecule has 2 aliphatic rings. The minimum atomic E-state index is -0.788. The van der Waals surface area contributed by atoms with Crippen LogP contribution < -0.4 is 5.32 Å². The Kier molecular flexibility index (Phi) is 2.67. The van der Waals surface area contributed by atoms with E-state index in [2.05, 4.69) is 26.1 Å². The fraction of sp³-hybridized carbons (Fsp3) is 0.625. The predicted octanol–water partition coefficient (Wildman–Crippen LogP) is 4.59. The summed E-state index contributed by atoms with van der Waals surface area (Å²) in [6, 6.07) is 4.41. The van der Waals surface area contributed by atoms with Crippen LogP contribution in [0, 0.1) is 28.4 Å². The van der Waals surface area contributed by atoms with Crippen molar-refractivity contribution in [1.82, 2.24) is 0 Å². The predicted molar refractivity (Wildman–Crippen MR) is 73.0 cm³/mol. The van der Waals surface area contributed by atoms with Crippen molar-refractivity contribution in [2.24, 2.45) is 16.7 Å². The molecule has 0 aromatic heterocycles. The second-order valence-electron chi connectivity index (χ2n) is 7.12. The first kappa shape index (κ1) is 12.9. The van der Waals surface area contributed by atoms with Gasteiger partial charge < -0.3 is 5.32 Å². The Morgan fingerprint density at radius 1 is 1.16 bits per heavy atom. The van der Waals surface area contributed by atoms with Crippen molar-refractivity contribution in [2.45, 2.75) is 46.1 Å². The zero-order valence-electron chi connectivity index (χ0n) is 11.8. The molecule has 3 heteroatoms. The van der Waals surface area contributed by atoms with Crippen molar-refractivity contribution in [3.05, 3.63) is 29.8 Å². The molecule has 0 amide bonds. The lowest BCUT2D eigenvalue weighted by Crippen LogP contribution is -2.45. The molecular formula is C16H21F2N. The molecule has 0 saturated heterocycles. The lowest BCUT2D eigenvalue weighted by Gasteiger charge is -2.43. The fourth-order valence-electron chi connectivity index (χ4n) is 4.41. The van der Waals surface area contributed by atoms with E-state index in [4.69, 9.17) is 0 Å². The molecule has 104 valence electrons. The molecule has 1 nitrogen and oxygen atoms in total. The fourth-order valence-corrected chi connectivity index (χ4v) is 4.41. The van der Waals surface area contributed by atoms with Crippen LogP contribution in [0.1, 0.15) is 40.0 Å². The van der Waals surface area contributed by atoms with Gasteiger partial charge in [0.25, 0.3) is 0 Å². The van der Waals surface area contributed by atoms with Crippen molar-refractivity contribution in [1.29, 1.82) is 0 Å². The van der Waals surface area contributed by atoms with Crippen LogP contribution in [0.2, 0.25) is 0 Å². The summed E-state index contributed by atoms with van der Waals surface area (Å²) in [5.41, 5.74) is 1.17. The zero-order chi connectivity index (χ0) is 13.8. The molecule has 0 radical (unpaired) electrons. The summed E-state index contributed by atoms with van der Waals surface area (Å²) in [6.07, 6.45) is 3.75. The highest BCUT2D eigenvalue weighted by atomic mass is 19.2. The smallest absolute Gasteiger partial charge is 0.160 e. The number of fused-ring (bicyclic) bond motifs is 2. The maximum absolute atomic E-state index is 13.3. The number of hydrogen-bond acceptors (Lipinski definition) is 1. The van der Waals surface area contributed by atoms with Gasteiger partial charge in [0.2, 0.25) is 0 Å². The van der Waals surface area contributed by atoms with E-state index in [1.54, 1.807) is 6.07 Å². The summed E-state index contributed by atoms with van der Waals surface area (Å²) < 4.78 is 26.3. The number of halogens is 2. The second-order valence-corrected chi connectivity index (χ2v) is 7.12. The summed E-state index contributed by atoms with van der Waals surface area (Å²) in [5, 5.41) is 3.46. The number of nitrogens with one attached hydrogen (secondary N) is 1. The van der Waals surface area contributed by atoms with Gasteiger partial charge in [-0.25, -0.2) is 8.78 Å². The Morgan fingerprint density at radius 2 is 1.89 bits per heavy atom. The Morgan fingerprint density at radius 3 is 2.47 bits per heavy atom. The quantitative estimate of drug-likeness (QED) is 0.824. The van der Waals surface area contributed by atoms with Gasteiger partial charge in [-0.05, 0) is 48.1 Å². The first-order valence-corrected chi connectivity index (χ1v) is 7.04. The van der Waals surface area contributed by atoms with E-state index in [1.807, 2.05) is 0 Å². The van der Waals surface area contributed by atoms with Crippen LogP contribution in [-0.4, -0.2) is 6.04 Å². The van der Waals surface area contributed by atoms with Crippen LogP contribution >= 0.6 is 0 Å². The van der Waals surface area contributed by atoms with Gasteiger partial charge in [0, 0.05) is 17.8 Å². The third kappa shape index (κ3) is 1.86. The lowest BCUT2D eigenvalue weighted by molar-refractivity contribution is 0.155. The molecule has 0 aliphatic heterocycles. The molecule has 0 heterocycles. The normalized spacial score (nSPS) is 35.6. The lowest BCUT2D eigenvalue weighted by atomic mass is 9.68. The van der Waals surface area contributed by atoms with E-state index in [-0.39, 0.29) is 10.8 Å². The molecule has 3 rings (SSSR count). The van der Waals surface area contributed by atoms with E-state index in [9.17, 15) is 8.78 Å². The summed E-state index contributed by atoms with van der Waals surface area (Å²) in [7, 11) is 0. The topological polar surface area (TPSA) is 12.0 Å². The number of hydrogen-bond donors (Lipinski definition) is 1. The maximum atomic E-state index is 13.3. The maximum Gasteiger partial charge on any atom is 0.160 e. The third-order valence-electron chi connectivity index (χ3n) is 5.50. The number of rotatable bonds is 2. The minimum absolute atomic E-state index is 0.206. The molecule has 1 N–H and O–H groups in total. The Hall–Kier alpha value is -1.12. The van der Waals surface area contributed by atoms with E-state index in [0.717, 1.165) is 5.92 Å². The van der Waals surface area contributed by atoms with Crippen molar-refractivity contribution in [2.75, 3.05) is 5.32 Å². The van der Waals surface area contributed by atoms with Gasteiger partial charge in [-0.3, -0.25) is 0 Å². The standard InChI is InChI=1S/C16H21F2N/c1-15(2)10-6-7-16(3,9-10)14(15)19-11-4-5-12(17)13(18)8-11/h4-5,8,10,14,19H,6-7,9H2,1-3H3. The van der Waals surface area contributed by atoms with Gasteiger partial charge in [-0.2, -0.15) is 0 Å². The third-order valence-corrected chi connectivity index (χ3v) is 5.50. The van der Waals surface area contributed by atoms with Gasteiger partial charge in [-0.1, -0.05) is 20.8 Å². The Balaban J connectivity index is 1.88. The van der Waals surface area contributed by atoms with E-state index in [1.165, 1.54) is 31.4 Å². The van der Waals surface area contributed by atoms with Crippen LogP contribution in [-0.2, 0) is 0 Å². The average molecular weight is 265 g/mol. The molecule has 2 bridgehead atoms. The van der Waals surface area contributed by atoms with E-state index < -0.39 is 11.6 Å². The van der Waals surface area contributed by atoms with Crippen molar-refractivity contribution in [3.63, 3.8) is 0 Å². The van der Waals surface area contributed by atoms with Crippen LogP contribution in [0.25, 0.3) is 0 Å². The molecule has 1 aromatic carbocycles. The molecule has 2 saturated carbocycles. The van der Waals surface area contributed by atoms with E-state index >= 15 is 0 Å². The summed E-state index contributed by atoms with van der Waals surface area (Å²) in [6.45, 7) is 6.90. The molecule has 1 aromatic rings. The zero-order valence-corrected chi connectivity index (χ0v) is 11.8. The first-order chi connectivity index (χ1) is 8.83. The van der Waals surface area contributed by atoms with Gasteiger partial charge in [0.05, 0.1) is 0 Å².